The van der Waals surface area contributed by atoms with Crippen LogP contribution < -0.4 is 16.0 Å². The Balaban J connectivity index is 2.96. The van der Waals surface area contributed by atoms with Gasteiger partial charge in [-0.1, -0.05) is 6.92 Å². The molecule has 1 aromatic rings. The molecule has 3 N–H and O–H groups in total. The Hall–Kier alpha value is -2.24. The fourth-order valence-corrected chi connectivity index (χ4v) is 1.91. The Morgan fingerprint density at radius 1 is 1.24 bits per heavy atom. The number of nitrogens with one attached hydrogen (secondary N) is 1. The Morgan fingerprint density at radius 2 is 1.90 bits per heavy atom. The number of hydrogen-bond donors (Lipinski definition) is 2. The highest BCUT2D eigenvalue weighted by Gasteiger charge is 2.17. The van der Waals surface area contributed by atoms with Crippen LogP contribution in [0, 0.1) is 0 Å². The Labute approximate surface area is 125 Å². The number of amides is 2. The van der Waals surface area contributed by atoms with Crippen LogP contribution in [0.4, 0.5) is 11.4 Å². The van der Waals surface area contributed by atoms with Crippen molar-refractivity contribution in [3.8, 4) is 0 Å². The van der Waals surface area contributed by atoms with Crippen LogP contribution in [0.25, 0.3) is 0 Å². The number of nitrogens with zero attached hydrogens (tertiary/aromatic N) is 2. The first kappa shape index (κ1) is 16.8. The van der Waals surface area contributed by atoms with Gasteiger partial charge in [-0.05, 0) is 24.6 Å². The third-order valence-electron chi connectivity index (χ3n) is 3.02. The summed E-state index contributed by atoms with van der Waals surface area (Å²) in [6, 6.07) is 5.09. The third kappa shape index (κ3) is 4.66. The summed E-state index contributed by atoms with van der Waals surface area (Å²) in [6.45, 7) is 2.82. The Bertz CT molecular complexity index is 514. The minimum absolute atomic E-state index is 0.0787. The molecule has 6 nitrogen and oxygen atoms in total. The summed E-state index contributed by atoms with van der Waals surface area (Å²) in [5.74, 6) is -0.198. The predicted octanol–water partition coefficient (Wildman–Crippen LogP) is 0.933. The lowest BCUT2D eigenvalue weighted by molar-refractivity contribution is -0.119. The molecule has 0 aliphatic carbocycles. The molecule has 116 valence electrons. The molecule has 21 heavy (non-hydrogen) atoms. The van der Waals surface area contributed by atoms with Gasteiger partial charge in [0.1, 0.15) is 0 Å². The fourth-order valence-electron chi connectivity index (χ4n) is 1.91. The van der Waals surface area contributed by atoms with E-state index in [2.05, 4.69) is 5.32 Å². The number of benzene rings is 1. The van der Waals surface area contributed by atoms with Crippen molar-refractivity contribution in [3.05, 3.63) is 23.8 Å². The van der Waals surface area contributed by atoms with Crippen LogP contribution in [-0.4, -0.2) is 50.9 Å². The maximum Gasteiger partial charge on any atom is 0.255 e. The lowest BCUT2D eigenvalue weighted by Crippen LogP contribution is -2.36. The molecule has 0 bridgehead atoms. The molecule has 0 saturated heterocycles. The molecule has 0 aliphatic heterocycles. The minimum Gasteiger partial charge on any atom is -0.399 e. The van der Waals surface area contributed by atoms with Crippen molar-refractivity contribution >= 4 is 23.2 Å². The van der Waals surface area contributed by atoms with Crippen molar-refractivity contribution in [2.45, 2.75) is 13.3 Å². The van der Waals surface area contributed by atoms with Gasteiger partial charge in [0.2, 0.25) is 5.91 Å². The van der Waals surface area contributed by atoms with E-state index in [0.29, 0.717) is 23.5 Å². The first-order valence-electron chi connectivity index (χ1n) is 6.95. The van der Waals surface area contributed by atoms with E-state index in [4.69, 9.17) is 5.73 Å². The summed E-state index contributed by atoms with van der Waals surface area (Å²) in [6.07, 6.45) is 0.887. The van der Waals surface area contributed by atoms with Crippen LogP contribution in [0.15, 0.2) is 18.2 Å². The van der Waals surface area contributed by atoms with Gasteiger partial charge in [-0.2, -0.15) is 0 Å². The van der Waals surface area contributed by atoms with E-state index in [1.165, 1.54) is 4.90 Å². The summed E-state index contributed by atoms with van der Waals surface area (Å²) >= 11 is 0. The van der Waals surface area contributed by atoms with Crippen molar-refractivity contribution in [1.29, 1.82) is 0 Å². The zero-order valence-corrected chi connectivity index (χ0v) is 13.1. The molecule has 1 aromatic carbocycles. The molecule has 0 aromatic heterocycles. The van der Waals surface area contributed by atoms with Crippen molar-refractivity contribution in [3.63, 3.8) is 0 Å². The van der Waals surface area contributed by atoms with E-state index in [-0.39, 0.29) is 18.4 Å². The molecule has 0 fully saturated rings. The molecule has 2 amide bonds. The highest BCUT2D eigenvalue weighted by atomic mass is 16.2. The molecule has 1 rings (SSSR count). The third-order valence-corrected chi connectivity index (χ3v) is 3.02. The zero-order valence-electron chi connectivity index (χ0n) is 13.1. The van der Waals surface area contributed by atoms with Crippen LogP contribution in [0.2, 0.25) is 0 Å². The molecule has 0 saturated carbocycles. The van der Waals surface area contributed by atoms with Crippen LogP contribution >= 0.6 is 0 Å². The Kier molecular flexibility index (Phi) is 6.02. The number of nitrogen functional groups attached to an aromatic ring is 1. The van der Waals surface area contributed by atoms with Gasteiger partial charge in [0.15, 0.2) is 0 Å². The smallest absolute Gasteiger partial charge is 0.255 e. The van der Waals surface area contributed by atoms with Gasteiger partial charge in [0.05, 0.1) is 17.8 Å². The maximum absolute atomic E-state index is 12.2. The standard InChI is InChI=1S/C15H24N4O2/c1-5-8-17-14(20)10-19(4)13-9-11(16)6-7-12(13)15(21)18(2)3/h6-7,9H,5,8,10,16H2,1-4H3,(H,17,20). The summed E-state index contributed by atoms with van der Waals surface area (Å²) < 4.78 is 0. The highest BCUT2D eigenvalue weighted by molar-refractivity contribution is 6.00. The van der Waals surface area contributed by atoms with Crippen LogP contribution in [0.5, 0.6) is 0 Å². The maximum atomic E-state index is 12.2. The molecule has 6 heteroatoms. The fraction of sp³-hybridized carbons (Fsp3) is 0.467. The number of carbonyl (C=O) groups is 2. The zero-order chi connectivity index (χ0) is 16.0. The first-order valence-corrected chi connectivity index (χ1v) is 6.95. The van der Waals surface area contributed by atoms with Crippen LogP contribution in [-0.2, 0) is 4.79 Å². The van der Waals surface area contributed by atoms with Crippen LogP contribution in [0.3, 0.4) is 0 Å². The van der Waals surface area contributed by atoms with Gasteiger partial charge < -0.3 is 20.9 Å². The number of rotatable bonds is 6. The number of hydrogen-bond acceptors (Lipinski definition) is 4. The van der Waals surface area contributed by atoms with E-state index >= 15 is 0 Å². The lowest BCUT2D eigenvalue weighted by atomic mass is 10.1. The predicted molar refractivity (Wildman–Crippen MR) is 85.4 cm³/mol. The van der Waals surface area contributed by atoms with Crippen LogP contribution in [0.1, 0.15) is 23.7 Å². The molecule has 0 heterocycles. The number of anilines is 2. The quantitative estimate of drug-likeness (QED) is 0.765. The SMILES string of the molecule is CCCNC(=O)CN(C)c1cc(N)ccc1C(=O)N(C)C. The number of nitrogens with two attached hydrogens (primary N) is 1. The van der Waals surface area contributed by atoms with E-state index in [0.717, 1.165) is 6.42 Å². The average Bonchev–Trinajstić information content (AvgIpc) is 2.44. The minimum atomic E-state index is -0.120. The second kappa shape index (κ2) is 7.52. The summed E-state index contributed by atoms with van der Waals surface area (Å²) in [5.41, 5.74) is 7.54. The first-order chi connectivity index (χ1) is 9.86. The van der Waals surface area contributed by atoms with E-state index in [9.17, 15) is 9.59 Å². The van der Waals surface area contributed by atoms with Gasteiger partial charge in [-0.25, -0.2) is 0 Å². The van der Waals surface area contributed by atoms with Crippen molar-refractivity contribution in [1.82, 2.24) is 10.2 Å². The normalized spacial score (nSPS) is 10.1. The molecule has 0 spiro atoms. The molecular weight excluding hydrogens is 268 g/mol. The molecule has 0 unspecified atom stereocenters. The summed E-state index contributed by atoms with van der Waals surface area (Å²) in [7, 11) is 5.15. The lowest BCUT2D eigenvalue weighted by Gasteiger charge is -2.23. The van der Waals surface area contributed by atoms with Gasteiger partial charge >= 0.3 is 0 Å². The average molecular weight is 292 g/mol. The number of carbonyl (C=O) groups excluding carboxylic acids is 2. The Morgan fingerprint density at radius 3 is 2.48 bits per heavy atom. The number of likely N-dealkylation sites (N-methyl/N-ethyl adjacent to an activating group) is 1. The van der Waals surface area contributed by atoms with Gasteiger partial charge in [0, 0.05) is 33.4 Å². The molecule has 0 aliphatic rings. The molecule has 0 atom stereocenters. The topological polar surface area (TPSA) is 78.7 Å². The highest BCUT2D eigenvalue weighted by Crippen LogP contribution is 2.23. The second-order valence-electron chi connectivity index (χ2n) is 5.18. The van der Waals surface area contributed by atoms with Gasteiger partial charge in [0.25, 0.3) is 5.91 Å². The molecular formula is C15H24N4O2. The van der Waals surface area contributed by atoms with Gasteiger partial charge in [-0.3, -0.25) is 9.59 Å². The second-order valence-corrected chi connectivity index (χ2v) is 5.18. The molecule has 0 radical (unpaired) electrons. The van der Waals surface area contributed by atoms with E-state index in [1.807, 2.05) is 6.92 Å². The summed E-state index contributed by atoms with van der Waals surface area (Å²) in [5, 5.41) is 2.81. The largest absolute Gasteiger partial charge is 0.399 e. The monoisotopic (exact) mass is 292 g/mol. The summed E-state index contributed by atoms with van der Waals surface area (Å²) in [4.78, 5) is 27.2. The van der Waals surface area contributed by atoms with Crippen molar-refractivity contribution < 1.29 is 9.59 Å². The van der Waals surface area contributed by atoms with Gasteiger partial charge in [-0.15, -0.1) is 0 Å². The van der Waals surface area contributed by atoms with E-state index in [1.54, 1.807) is 44.2 Å². The van der Waals surface area contributed by atoms with E-state index < -0.39 is 0 Å². The van der Waals surface area contributed by atoms with Crippen molar-refractivity contribution in [2.75, 3.05) is 44.9 Å². The van der Waals surface area contributed by atoms with Crippen molar-refractivity contribution in [2.24, 2.45) is 0 Å².